The summed E-state index contributed by atoms with van der Waals surface area (Å²) in [7, 11) is 0. The molecule has 62 valence electrons. The maximum atomic E-state index is 9.02. The van der Waals surface area contributed by atoms with E-state index >= 15 is 0 Å². The summed E-state index contributed by atoms with van der Waals surface area (Å²) in [5.74, 6) is 0.296. The second kappa shape index (κ2) is 4.69. The van der Waals surface area contributed by atoms with Gasteiger partial charge < -0.3 is 10.2 Å². The van der Waals surface area contributed by atoms with Gasteiger partial charge in [-0.3, -0.25) is 0 Å². The molecule has 1 saturated carbocycles. The lowest BCUT2D eigenvalue weighted by molar-refractivity contribution is 0.0245. The Morgan fingerprint density at radius 2 is 1.60 bits per heavy atom. The van der Waals surface area contributed by atoms with Gasteiger partial charge in [0.25, 0.3) is 0 Å². The van der Waals surface area contributed by atoms with Crippen LogP contribution in [0.15, 0.2) is 0 Å². The molecule has 0 heterocycles. The van der Waals surface area contributed by atoms with Gasteiger partial charge in [-0.25, -0.2) is 0 Å². The summed E-state index contributed by atoms with van der Waals surface area (Å²) in [5, 5.41) is 17.9. The minimum absolute atomic E-state index is 0.296. The summed E-state index contributed by atoms with van der Waals surface area (Å²) < 4.78 is 0. The van der Waals surface area contributed by atoms with Crippen molar-refractivity contribution in [1.29, 1.82) is 0 Å². The van der Waals surface area contributed by atoms with Gasteiger partial charge in [0, 0.05) is 0 Å². The quantitative estimate of drug-likeness (QED) is 0.538. The summed E-state index contributed by atoms with van der Waals surface area (Å²) in [4.78, 5) is 0. The lowest BCUT2D eigenvalue weighted by atomic mass is 10.1. The zero-order valence-electron chi connectivity index (χ0n) is 7.04. The molecule has 1 aliphatic rings. The van der Waals surface area contributed by atoms with Crippen LogP contribution in [0.25, 0.3) is 0 Å². The van der Waals surface area contributed by atoms with Crippen molar-refractivity contribution in [1.82, 2.24) is 0 Å². The van der Waals surface area contributed by atoms with Gasteiger partial charge >= 0.3 is 0 Å². The molecule has 2 N–H and O–H groups in total. The molecule has 0 aromatic carbocycles. The third kappa shape index (κ3) is 2.27. The first-order chi connectivity index (χ1) is 4.72. The Labute approximate surface area is 62.9 Å². The SMILES string of the molecule is CC.CC1CCC(O)C1O. The monoisotopic (exact) mass is 146 g/mol. The van der Waals surface area contributed by atoms with E-state index in [0.29, 0.717) is 5.92 Å². The van der Waals surface area contributed by atoms with E-state index in [-0.39, 0.29) is 0 Å². The van der Waals surface area contributed by atoms with E-state index in [0.717, 1.165) is 12.8 Å². The molecule has 0 aromatic rings. The molecular weight excluding hydrogens is 128 g/mol. The molecule has 0 spiro atoms. The Bertz CT molecular complexity index is 73.3. The van der Waals surface area contributed by atoms with Gasteiger partial charge in [0.15, 0.2) is 0 Å². The van der Waals surface area contributed by atoms with Crippen molar-refractivity contribution in [3.05, 3.63) is 0 Å². The van der Waals surface area contributed by atoms with Crippen LogP contribution in [0.3, 0.4) is 0 Å². The van der Waals surface area contributed by atoms with Crippen LogP contribution in [0, 0.1) is 5.92 Å². The maximum Gasteiger partial charge on any atom is 0.0824 e. The number of hydrogen-bond donors (Lipinski definition) is 2. The molecular formula is C8H18O2. The van der Waals surface area contributed by atoms with E-state index in [1.165, 1.54) is 0 Å². The first kappa shape index (κ1) is 9.92. The molecule has 1 fully saturated rings. The van der Waals surface area contributed by atoms with Gasteiger partial charge in [0.05, 0.1) is 12.2 Å². The van der Waals surface area contributed by atoms with E-state index in [2.05, 4.69) is 0 Å². The normalized spacial score (nSPS) is 38.7. The highest BCUT2D eigenvalue weighted by molar-refractivity contribution is 4.80. The van der Waals surface area contributed by atoms with Gasteiger partial charge in [-0.15, -0.1) is 0 Å². The number of rotatable bonds is 0. The Morgan fingerprint density at radius 1 is 1.10 bits per heavy atom. The molecule has 0 saturated heterocycles. The third-order valence-corrected chi connectivity index (χ3v) is 1.90. The third-order valence-electron chi connectivity index (χ3n) is 1.90. The highest BCUT2D eigenvalue weighted by atomic mass is 16.3. The topological polar surface area (TPSA) is 40.5 Å². The van der Waals surface area contributed by atoms with Crippen LogP contribution in [-0.2, 0) is 0 Å². The summed E-state index contributed by atoms with van der Waals surface area (Å²) in [6.07, 6.45) is 0.810. The summed E-state index contributed by atoms with van der Waals surface area (Å²) in [6, 6.07) is 0. The maximum absolute atomic E-state index is 9.02. The average molecular weight is 146 g/mol. The Morgan fingerprint density at radius 3 is 1.70 bits per heavy atom. The Balaban J connectivity index is 0.000000371. The lowest BCUT2D eigenvalue weighted by Gasteiger charge is -2.09. The second-order valence-corrected chi connectivity index (χ2v) is 2.61. The van der Waals surface area contributed by atoms with Crippen molar-refractivity contribution in [2.75, 3.05) is 0 Å². The molecule has 0 aromatic heterocycles. The van der Waals surface area contributed by atoms with E-state index in [9.17, 15) is 0 Å². The molecule has 2 heteroatoms. The van der Waals surface area contributed by atoms with E-state index in [1.54, 1.807) is 0 Å². The molecule has 0 radical (unpaired) electrons. The average Bonchev–Trinajstić information content (AvgIpc) is 2.25. The molecule has 0 amide bonds. The van der Waals surface area contributed by atoms with Crippen LogP contribution in [0.4, 0.5) is 0 Å². The highest BCUT2D eigenvalue weighted by Crippen LogP contribution is 2.24. The molecule has 2 nitrogen and oxygen atoms in total. The molecule has 10 heavy (non-hydrogen) atoms. The number of hydrogen-bond acceptors (Lipinski definition) is 2. The molecule has 1 rings (SSSR count). The van der Waals surface area contributed by atoms with Crippen LogP contribution in [-0.4, -0.2) is 22.4 Å². The van der Waals surface area contributed by atoms with Crippen LogP contribution in [0.5, 0.6) is 0 Å². The smallest absolute Gasteiger partial charge is 0.0824 e. The Hall–Kier alpha value is -0.0800. The molecule has 0 aliphatic heterocycles. The molecule has 3 atom stereocenters. The fourth-order valence-corrected chi connectivity index (χ4v) is 1.15. The van der Waals surface area contributed by atoms with E-state index in [4.69, 9.17) is 10.2 Å². The number of aliphatic hydroxyl groups excluding tert-OH is 2. The van der Waals surface area contributed by atoms with E-state index < -0.39 is 12.2 Å². The van der Waals surface area contributed by atoms with Gasteiger partial charge in [-0.2, -0.15) is 0 Å². The van der Waals surface area contributed by atoms with Crippen LogP contribution >= 0.6 is 0 Å². The largest absolute Gasteiger partial charge is 0.390 e. The highest BCUT2D eigenvalue weighted by Gasteiger charge is 2.29. The van der Waals surface area contributed by atoms with E-state index in [1.807, 2.05) is 20.8 Å². The van der Waals surface area contributed by atoms with Crippen molar-refractivity contribution in [2.24, 2.45) is 5.92 Å². The van der Waals surface area contributed by atoms with Crippen molar-refractivity contribution < 1.29 is 10.2 Å². The minimum atomic E-state index is -0.463. The second-order valence-electron chi connectivity index (χ2n) is 2.61. The summed E-state index contributed by atoms with van der Waals surface area (Å²) in [5.41, 5.74) is 0. The Kier molecular flexibility index (Phi) is 4.65. The predicted octanol–water partition coefficient (Wildman–Crippen LogP) is 1.16. The van der Waals surface area contributed by atoms with Crippen LogP contribution < -0.4 is 0 Å². The fraction of sp³-hybridized carbons (Fsp3) is 1.00. The predicted molar refractivity (Wildman–Crippen MR) is 41.8 cm³/mol. The zero-order valence-corrected chi connectivity index (χ0v) is 7.04. The zero-order chi connectivity index (χ0) is 8.15. The van der Waals surface area contributed by atoms with Crippen molar-refractivity contribution in [3.63, 3.8) is 0 Å². The summed E-state index contributed by atoms with van der Waals surface area (Å²) >= 11 is 0. The molecule has 3 unspecified atom stereocenters. The first-order valence-corrected chi connectivity index (χ1v) is 4.08. The van der Waals surface area contributed by atoms with Crippen LogP contribution in [0.2, 0.25) is 0 Å². The lowest BCUT2D eigenvalue weighted by Crippen LogP contribution is -2.22. The van der Waals surface area contributed by atoms with Gasteiger partial charge in [-0.1, -0.05) is 20.8 Å². The summed E-state index contributed by atoms with van der Waals surface area (Å²) in [6.45, 7) is 5.96. The molecule has 1 aliphatic carbocycles. The molecule has 0 bridgehead atoms. The van der Waals surface area contributed by atoms with Crippen molar-refractivity contribution >= 4 is 0 Å². The van der Waals surface area contributed by atoms with Crippen molar-refractivity contribution in [3.8, 4) is 0 Å². The first-order valence-electron chi connectivity index (χ1n) is 4.08. The standard InChI is InChI=1S/C6H12O2.C2H6/c1-4-2-3-5(7)6(4)8;1-2/h4-8H,2-3H2,1H3;1-2H3. The number of aliphatic hydroxyl groups is 2. The van der Waals surface area contributed by atoms with Gasteiger partial charge in [0.1, 0.15) is 0 Å². The van der Waals surface area contributed by atoms with Gasteiger partial charge in [-0.05, 0) is 18.8 Å². The fourth-order valence-electron chi connectivity index (χ4n) is 1.15. The van der Waals surface area contributed by atoms with Gasteiger partial charge in [0.2, 0.25) is 0 Å². The minimum Gasteiger partial charge on any atom is -0.390 e. The van der Waals surface area contributed by atoms with Crippen LogP contribution in [0.1, 0.15) is 33.6 Å². The van der Waals surface area contributed by atoms with Crippen molar-refractivity contribution in [2.45, 2.75) is 45.8 Å².